The van der Waals surface area contributed by atoms with Crippen molar-refractivity contribution < 1.29 is 9.47 Å². The van der Waals surface area contributed by atoms with Crippen LogP contribution in [0.1, 0.15) is 79.1 Å². The van der Waals surface area contributed by atoms with Crippen molar-refractivity contribution >= 4 is 45.0 Å². The van der Waals surface area contributed by atoms with Crippen LogP contribution in [0.15, 0.2) is 54.6 Å². The van der Waals surface area contributed by atoms with Gasteiger partial charge in [0.1, 0.15) is 0 Å². The van der Waals surface area contributed by atoms with Crippen LogP contribution >= 0.6 is 23.2 Å². The minimum absolute atomic E-state index is 0.528. The molecular weight excluding hydrogens is 525 g/mol. The molecule has 0 spiro atoms. The molecule has 0 N–H and O–H groups in total. The van der Waals surface area contributed by atoms with Gasteiger partial charge in [-0.1, -0.05) is 102 Å². The van der Waals surface area contributed by atoms with Crippen molar-refractivity contribution in [2.75, 3.05) is 13.2 Å². The van der Waals surface area contributed by atoms with E-state index in [2.05, 4.69) is 62.6 Å². The number of ether oxygens (including phenoxy) is 2. The molecule has 0 aliphatic heterocycles. The van der Waals surface area contributed by atoms with E-state index in [1.54, 1.807) is 0 Å². The fourth-order valence-corrected chi connectivity index (χ4v) is 5.66. The Morgan fingerprint density at radius 3 is 1.64 bits per heavy atom. The second-order valence-electron chi connectivity index (χ2n) is 10.7. The third-order valence-corrected chi connectivity index (χ3v) is 8.38. The lowest BCUT2D eigenvalue weighted by atomic mass is 10.0. The monoisotopic (exact) mass is 567 g/mol. The van der Waals surface area contributed by atoms with E-state index in [0.29, 0.717) is 35.1 Å². The fraction of sp³-hybridized carbons (Fsp3) is 0.471. The molecule has 1 aromatic heterocycles. The predicted octanol–water partition coefficient (Wildman–Crippen LogP) is 11.3. The lowest BCUT2D eigenvalue weighted by Crippen LogP contribution is -2.14. The zero-order valence-electron chi connectivity index (χ0n) is 23.9. The van der Waals surface area contributed by atoms with Crippen molar-refractivity contribution in [2.45, 2.75) is 79.1 Å². The smallest absolute Gasteiger partial charge is 0.163 e. The SMILES string of the molecule is CCCCC(CC)COc1ccc(-n2c3cc(Cl)ccc3c3ccc(Cl)cc32)cc1OCC(CC)CCCC. The van der Waals surface area contributed by atoms with Gasteiger partial charge < -0.3 is 14.0 Å². The van der Waals surface area contributed by atoms with Crippen LogP contribution in [0.25, 0.3) is 27.5 Å². The summed E-state index contributed by atoms with van der Waals surface area (Å²) >= 11 is 12.9. The summed E-state index contributed by atoms with van der Waals surface area (Å²) in [6.07, 6.45) is 9.47. The minimum atomic E-state index is 0.528. The first-order valence-electron chi connectivity index (χ1n) is 14.8. The Kier molecular flexibility index (Phi) is 10.9. The van der Waals surface area contributed by atoms with Crippen LogP contribution in [-0.4, -0.2) is 17.8 Å². The molecule has 2 unspecified atom stereocenters. The summed E-state index contributed by atoms with van der Waals surface area (Å²) in [5.74, 6) is 2.69. The van der Waals surface area contributed by atoms with E-state index in [1.807, 2.05) is 24.3 Å². The highest BCUT2D eigenvalue weighted by molar-refractivity contribution is 6.32. The Morgan fingerprint density at radius 1 is 0.641 bits per heavy atom. The summed E-state index contributed by atoms with van der Waals surface area (Å²) in [6, 6.07) is 18.4. The zero-order valence-corrected chi connectivity index (χ0v) is 25.5. The Labute approximate surface area is 244 Å². The maximum Gasteiger partial charge on any atom is 0.163 e. The third-order valence-electron chi connectivity index (χ3n) is 7.91. The summed E-state index contributed by atoms with van der Waals surface area (Å²) in [4.78, 5) is 0. The molecule has 0 aliphatic rings. The van der Waals surface area contributed by atoms with Crippen molar-refractivity contribution in [1.82, 2.24) is 4.57 Å². The topological polar surface area (TPSA) is 23.4 Å². The second-order valence-corrected chi connectivity index (χ2v) is 11.6. The maximum atomic E-state index is 6.55. The van der Waals surface area contributed by atoms with Gasteiger partial charge in [-0.25, -0.2) is 0 Å². The molecule has 0 radical (unpaired) electrons. The van der Waals surface area contributed by atoms with Crippen molar-refractivity contribution in [3.8, 4) is 17.2 Å². The van der Waals surface area contributed by atoms with Gasteiger partial charge in [0.2, 0.25) is 0 Å². The number of fused-ring (bicyclic) bond motifs is 3. The highest BCUT2D eigenvalue weighted by atomic mass is 35.5. The van der Waals surface area contributed by atoms with Crippen LogP contribution in [0.5, 0.6) is 11.5 Å². The van der Waals surface area contributed by atoms with E-state index in [1.165, 1.54) is 38.5 Å². The average molecular weight is 569 g/mol. The van der Waals surface area contributed by atoms with E-state index < -0.39 is 0 Å². The van der Waals surface area contributed by atoms with Crippen LogP contribution < -0.4 is 9.47 Å². The summed E-state index contributed by atoms with van der Waals surface area (Å²) in [5.41, 5.74) is 3.08. The largest absolute Gasteiger partial charge is 0.489 e. The van der Waals surface area contributed by atoms with E-state index in [9.17, 15) is 0 Å². The number of benzene rings is 3. The van der Waals surface area contributed by atoms with Crippen molar-refractivity contribution in [1.29, 1.82) is 0 Å². The molecule has 4 aromatic rings. The van der Waals surface area contributed by atoms with Crippen molar-refractivity contribution in [3.63, 3.8) is 0 Å². The third kappa shape index (κ3) is 7.24. The van der Waals surface area contributed by atoms with Crippen molar-refractivity contribution in [3.05, 3.63) is 64.6 Å². The van der Waals surface area contributed by atoms with Gasteiger partial charge in [-0.3, -0.25) is 0 Å². The molecule has 0 fully saturated rings. The van der Waals surface area contributed by atoms with E-state index in [-0.39, 0.29) is 0 Å². The molecule has 3 nitrogen and oxygen atoms in total. The Morgan fingerprint density at radius 2 is 1.15 bits per heavy atom. The van der Waals surface area contributed by atoms with Gasteiger partial charge in [-0.15, -0.1) is 0 Å². The number of unbranched alkanes of at least 4 members (excludes halogenated alkanes) is 2. The maximum absolute atomic E-state index is 6.55. The van der Waals surface area contributed by atoms with Gasteiger partial charge in [-0.2, -0.15) is 0 Å². The molecule has 3 aromatic carbocycles. The van der Waals surface area contributed by atoms with Crippen LogP contribution in [0.2, 0.25) is 10.0 Å². The molecule has 1 heterocycles. The van der Waals surface area contributed by atoms with Gasteiger partial charge in [0, 0.05) is 26.9 Å². The van der Waals surface area contributed by atoms with Gasteiger partial charge in [-0.05, 0) is 61.1 Å². The first-order chi connectivity index (χ1) is 19.0. The number of rotatable bonds is 15. The quantitative estimate of drug-likeness (QED) is 0.142. The van der Waals surface area contributed by atoms with Crippen LogP contribution in [0.3, 0.4) is 0 Å². The van der Waals surface area contributed by atoms with Crippen LogP contribution in [0.4, 0.5) is 0 Å². The molecule has 210 valence electrons. The van der Waals surface area contributed by atoms with Crippen molar-refractivity contribution in [2.24, 2.45) is 11.8 Å². The molecule has 39 heavy (non-hydrogen) atoms. The summed E-state index contributed by atoms with van der Waals surface area (Å²) in [7, 11) is 0. The number of nitrogens with zero attached hydrogens (tertiary/aromatic N) is 1. The normalized spacial score (nSPS) is 13.2. The van der Waals surface area contributed by atoms with E-state index in [4.69, 9.17) is 32.7 Å². The molecule has 4 rings (SSSR count). The summed E-state index contributed by atoms with van der Waals surface area (Å²) in [6.45, 7) is 10.4. The van der Waals surface area contributed by atoms with Crippen LogP contribution in [0, 0.1) is 11.8 Å². The summed E-state index contributed by atoms with van der Waals surface area (Å²) in [5, 5.41) is 3.68. The molecule has 0 bridgehead atoms. The van der Waals surface area contributed by atoms with E-state index in [0.717, 1.165) is 51.8 Å². The predicted molar refractivity (Wildman–Crippen MR) is 168 cm³/mol. The number of aromatic nitrogens is 1. The number of hydrogen-bond acceptors (Lipinski definition) is 2. The fourth-order valence-electron chi connectivity index (χ4n) is 5.32. The second kappa shape index (κ2) is 14.3. The van der Waals surface area contributed by atoms with E-state index >= 15 is 0 Å². The van der Waals surface area contributed by atoms with Crippen LogP contribution in [-0.2, 0) is 0 Å². The highest BCUT2D eigenvalue weighted by Gasteiger charge is 2.18. The number of halogens is 2. The molecule has 0 saturated carbocycles. The lowest BCUT2D eigenvalue weighted by Gasteiger charge is -2.21. The molecule has 2 atom stereocenters. The molecule has 0 aliphatic carbocycles. The Hall–Kier alpha value is -2.36. The highest BCUT2D eigenvalue weighted by Crippen LogP contribution is 2.38. The first-order valence-corrected chi connectivity index (χ1v) is 15.5. The molecule has 0 amide bonds. The summed E-state index contributed by atoms with van der Waals surface area (Å²) < 4.78 is 15.2. The van der Waals surface area contributed by atoms with Gasteiger partial charge >= 0.3 is 0 Å². The number of hydrogen-bond donors (Lipinski definition) is 0. The van der Waals surface area contributed by atoms with Gasteiger partial charge in [0.05, 0.1) is 29.9 Å². The van der Waals surface area contributed by atoms with Gasteiger partial charge in [0.25, 0.3) is 0 Å². The standard InChI is InChI=1S/C34H43Cl2NO2/c1-5-9-11-24(7-3)22-38-33-18-15-28(21-34(33)39-23-25(8-4)12-10-6-2)37-31-19-26(35)13-16-29(31)30-17-14-27(36)20-32(30)37/h13-21,24-25H,5-12,22-23H2,1-4H3. The Balaban J connectivity index is 1.75. The minimum Gasteiger partial charge on any atom is -0.489 e. The molecular formula is C34H43Cl2NO2. The lowest BCUT2D eigenvalue weighted by molar-refractivity contribution is 0.199. The molecule has 5 heteroatoms. The first kappa shape index (κ1) is 29.6. The Bertz CT molecular complexity index is 1300. The van der Waals surface area contributed by atoms with Gasteiger partial charge in [0.15, 0.2) is 11.5 Å². The molecule has 0 saturated heterocycles. The zero-order chi connectivity index (χ0) is 27.8. The average Bonchev–Trinajstić information content (AvgIpc) is 3.25.